The summed E-state index contributed by atoms with van der Waals surface area (Å²) in [4.78, 5) is 27.5. The molecule has 3 aromatic rings. The lowest BCUT2D eigenvalue weighted by atomic mass is 10.1. The van der Waals surface area contributed by atoms with E-state index in [0.29, 0.717) is 41.5 Å². The van der Waals surface area contributed by atoms with Gasteiger partial charge in [0, 0.05) is 24.2 Å². The Labute approximate surface area is 164 Å². The number of rotatable bonds is 0. The van der Waals surface area contributed by atoms with Gasteiger partial charge in [-0.05, 0) is 18.9 Å². The van der Waals surface area contributed by atoms with Gasteiger partial charge in [-0.3, -0.25) is 9.63 Å². The maximum atomic E-state index is 14.0. The summed E-state index contributed by atoms with van der Waals surface area (Å²) < 4.78 is 21.6. The van der Waals surface area contributed by atoms with Crippen LogP contribution in [0, 0.1) is 5.82 Å². The number of pyridine rings is 1. The van der Waals surface area contributed by atoms with Crippen LogP contribution in [0.1, 0.15) is 41.2 Å². The van der Waals surface area contributed by atoms with Crippen molar-refractivity contribution >= 4 is 17.4 Å². The highest BCUT2D eigenvalue weighted by atomic mass is 19.1. The summed E-state index contributed by atoms with van der Waals surface area (Å²) in [6.07, 6.45) is 6.59. The number of anilines is 1. The second-order valence-corrected chi connectivity index (χ2v) is 7.65. The van der Waals surface area contributed by atoms with Crippen LogP contribution in [0.2, 0.25) is 0 Å². The number of aromatic nitrogens is 4. The summed E-state index contributed by atoms with van der Waals surface area (Å²) in [6.45, 7) is 0.706. The SMILES string of the molecule is O=C1NC2(CC2)COc2ncc(F)cc2[C@H]2CCON2c2ccn3ncc1c3n2. The standard InChI is InChI=1S/C19H17FN6O3/c20-11-7-12-14-2-6-29-26(14)15-1-5-25-16(23-15)13(9-22-25)17(27)24-19(3-4-19)10-28-18(12)21-8-11/h1,5,7-9,14H,2-4,6,10H2,(H,24,27)/t14-/m1/s1. The van der Waals surface area contributed by atoms with Crippen LogP contribution in [0.5, 0.6) is 5.88 Å². The molecule has 1 saturated heterocycles. The molecule has 1 atom stereocenters. The maximum absolute atomic E-state index is 14.0. The third-order valence-electron chi connectivity index (χ3n) is 5.65. The molecule has 6 rings (SSSR count). The van der Waals surface area contributed by atoms with Gasteiger partial charge in [-0.2, -0.15) is 5.10 Å². The van der Waals surface area contributed by atoms with Gasteiger partial charge in [0.15, 0.2) is 11.5 Å². The van der Waals surface area contributed by atoms with Crippen LogP contribution in [0.4, 0.5) is 10.2 Å². The minimum atomic E-state index is -0.462. The van der Waals surface area contributed by atoms with Crippen LogP contribution in [0.25, 0.3) is 5.65 Å². The van der Waals surface area contributed by atoms with Crippen molar-refractivity contribution in [2.45, 2.75) is 30.8 Å². The first kappa shape index (κ1) is 16.7. The zero-order valence-corrected chi connectivity index (χ0v) is 15.3. The van der Waals surface area contributed by atoms with Crippen molar-refractivity contribution in [1.82, 2.24) is 24.9 Å². The first-order valence-electron chi connectivity index (χ1n) is 9.49. The number of fused-ring (bicyclic) bond motifs is 5. The summed E-state index contributed by atoms with van der Waals surface area (Å²) >= 11 is 0. The third-order valence-corrected chi connectivity index (χ3v) is 5.65. The van der Waals surface area contributed by atoms with Crippen LogP contribution < -0.4 is 15.1 Å². The Morgan fingerprint density at radius 3 is 3.07 bits per heavy atom. The monoisotopic (exact) mass is 396 g/mol. The van der Waals surface area contributed by atoms with E-state index in [2.05, 4.69) is 20.4 Å². The predicted molar refractivity (Wildman–Crippen MR) is 97.9 cm³/mol. The van der Waals surface area contributed by atoms with E-state index in [-0.39, 0.29) is 18.6 Å². The summed E-state index contributed by atoms with van der Waals surface area (Å²) in [5.74, 6) is 0.150. The molecule has 1 N–H and O–H groups in total. The number of ether oxygens (including phenoxy) is 1. The van der Waals surface area contributed by atoms with E-state index in [0.717, 1.165) is 19.0 Å². The molecule has 29 heavy (non-hydrogen) atoms. The molecule has 3 aromatic heterocycles. The quantitative estimate of drug-likeness (QED) is 0.619. The lowest BCUT2D eigenvalue weighted by Gasteiger charge is -2.25. The lowest BCUT2D eigenvalue weighted by molar-refractivity contribution is 0.0913. The zero-order chi connectivity index (χ0) is 19.6. The molecule has 1 spiro atoms. The molecule has 0 unspecified atom stereocenters. The number of hydrogen-bond acceptors (Lipinski definition) is 7. The first-order valence-corrected chi connectivity index (χ1v) is 9.49. The highest BCUT2D eigenvalue weighted by Crippen LogP contribution is 2.40. The van der Waals surface area contributed by atoms with Crippen LogP contribution in [-0.4, -0.2) is 44.2 Å². The van der Waals surface area contributed by atoms with Gasteiger partial charge in [0.2, 0.25) is 5.88 Å². The van der Waals surface area contributed by atoms with E-state index >= 15 is 0 Å². The summed E-state index contributed by atoms with van der Waals surface area (Å²) in [5, 5.41) is 8.90. The largest absolute Gasteiger partial charge is 0.475 e. The Bertz CT molecular complexity index is 1140. The number of nitrogens with zero attached hydrogens (tertiary/aromatic N) is 5. The molecule has 2 bridgehead atoms. The second-order valence-electron chi connectivity index (χ2n) is 7.65. The van der Waals surface area contributed by atoms with Gasteiger partial charge in [-0.1, -0.05) is 0 Å². The van der Waals surface area contributed by atoms with Crippen molar-refractivity contribution in [2.24, 2.45) is 0 Å². The summed E-state index contributed by atoms with van der Waals surface area (Å²) in [5.41, 5.74) is 0.952. The molecule has 2 aliphatic heterocycles. The second kappa shape index (κ2) is 5.86. The number of amides is 1. The van der Waals surface area contributed by atoms with E-state index in [1.165, 1.54) is 12.3 Å². The normalized spacial score (nSPS) is 22.3. The number of nitrogens with one attached hydrogen (secondary N) is 1. The predicted octanol–water partition coefficient (Wildman–Crippen LogP) is 1.80. The minimum absolute atomic E-state index is 0.254. The number of carbonyl (C=O) groups excluding carboxylic acids is 1. The summed E-state index contributed by atoms with van der Waals surface area (Å²) in [7, 11) is 0. The van der Waals surface area contributed by atoms with Gasteiger partial charge in [-0.25, -0.2) is 23.9 Å². The molecule has 1 aliphatic carbocycles. The maximum Gasteiger partial charge on any atom is 0.257 e. The van der Waals surface area contributed by atoms with Gasteiger partial charge < -0.3 is 10.1 Å². The highest BCUT2D eigenvalue weighted by molar-refractivity contribution is 6.00. The lowest BCUT2D eigenvalue weighted by Crippen LogP contribution is -2.41. The van der Waals surface area contributed by atoms with Crippen LogP contribution in [0.3, 0.4) is 0 Å². The number of halogens is 1. The van der Waals surface area contributed by atoms with E-state index in [4.69, 9.17) is 9.57 Å². The van der Waals surface area contributed by atoms with Crippen molar-refractivity contribution < 1.29 is 18.8 Å². The molecule has 0 aromatic carbocycles. The average Bonchev–Trinajstić information content (AvgIpc) is 3.14. The van der Waals surface area contributed by atoms with Gasteiger partial charge >= 0.3 is 0 Å². The van der Waals surface area contributed by atoms with E-state index in [9.17, 15) is 9.18 Å². The number of carbonyl (C=O) groups is 1. The Morgan fingerprint density at radius 2 is 2.21 bits per heavy atom. The Hall–Kier alpha value is -3.27. The molecule has 1 amide bonds. The Balaban J connectivity index is 1.54. The topological polar surface area (TPSA) is 93.9 Å². The Morgan fingerprint density at radius 1 is 1.31 bits per heavy atom. The van der Waals surface area contributed by atoms with Crippen LogP contribution in [0.15, 0.2) is 30.7 Å². The van der Waals surface area contributed by atoms with Gasteiger partial charge in [0.1, 0.15) is 18.0 Å². The molecular weight excluding hydrogens is 379 g/mol. The molecule has 5 heterocycles. The molecule has 3 aliphatic rings. The molecule has 0 radical (unpaired) electrons. The van der Waals surface area contributed by atoms with Crippen LogP contribution >= 0.6 is 0 Å². The zero-order valence-electron chi connectivity index (χ0n) is 15.3. The molecule has 1 saturated carbocycles. The average molecular weight is 396 g/mol. The fourth-order valence-corrected chi connectivity index (χ4v) is 3.89. The van der Waals surface area contributed by atoms with E-state index < -0.39 is 11.4 Å². The van der Waals surface area contributed by atoms with Gasteiger partial charge in [-0.15, -0.1) is 0 Å². The van der Waals surface area contributed by atoms with E-state index in [1.807, 2.05) is 0 Å². The minimum Gasteiger partial charge on any atom is -0.475 e. The third kappa shape index (κ3) is 2.63. The van der Waals surface area contributed by atoms with Crippen molar-refractivity contribution in [3.05, 3.63) is 47.7 Å². The molecule has 148 valence electrons. The first-order chi connectivity index (χ1) is 14.1. The fourth-order valence-electron chi connectivity index (χ4n) is 3.89. The van der Waals surface area contributed by atoms with Crippen molar-refractivity contribution in [3.8, 4) is 5.88 Å². The van der Waals surface area contributed by atoms with Gasteiger partial charge in [0.25, 0.3) is 5.91 Å². The van der Waals surface area contributed by atoms with Crippen molar-refractivity contribution in [1.29, 1.82) is 0 Å². The smallest absolute Gasteiger partial charge is 0.257 e. The van der Waals surface area contributed by atoms with E-state index in [1.54, 1.807) is 21.8 Å². The highest BCUT2D eigenvalue weighted by Gasteiger charge is 2.46. The summed E-state index contributed by atoms with van der Waals surface area (Å²) in [6, 6.07) is 2.86. The van der Waals surface area contributed by atoms with Crippen molar-refractivity contribution in [3.63, 3.8) is 0 Å². The van der Waals surface area contributed by atoms with Crippen LogP contribution in [-0.2, 0) is 4.84 Å². The van der Waals surface area contributed by atoms with Gasteiger partial charge in [0.05, 0.1) is 30.6 Å². The van der Waals surface area contributed by atoms with Crippen molar-refractivity contribution in [2.75, 3.05) is 18.3 Å². The molecule has 10 heteroatoms. The Kier molecular flexibility index (Phi) is 3.37. The molecular formula is C19H17FN6O3. The molecule has 2 fully saturated rings. The number of hydroxylamine groups is 1. The number of hydrogen-bond donors (Lipinski definition) is 1. The molecule has 9 nitrogen and oxygen atoms in total. The fraction of sp³-hybridized carbons (Fsp3) is 0.368.